The molecule has 0 radical (unpaired) electrons. The molecule has 134 valence electrons. The molecular formula is C19H18N2O3S2. The van der Waals surface area contributed by atoms with Gasteiger partial charge in [-0.15, -0.1) is 11.3 Å². The lowest BCUT2D eigenvalue weighted by Gasteiger charge is -2.17. The lowest BCUT2D eigenvalue weighted by atomic mass is 10.0. The van der Waals surface area contributed by atoms with E-state index in [1.165, 1.54) is 13.1 Å². The van der Waals surface area contributed by atoms with E-state index in [0.29, 0.717) is 5.69 Å². The van der Waals surface area contributed by atoms with E-state index in [2.05, 4.69) is 5.32 Å². The molecule has 1 amide bonds. The number of nitrogens with one attached hydrogen (secondary N) is 1. The van der Waals surface area contributed by atoms with Gasteiger partial charge >= 0.3 is 0 Å². The number of amides is 1. The predicted octanol–water partition coefficient (Wildman–Crippen LogP) is 3.67. The molecule has 0 fully saturated rings. The largest absolute Gasteiger partial charge is 0.324 e. The second-order valence-electron chi connectivity index (χ2n) is 5.65. The van der Waals surface area contributed by atoms with Crippen LogP contribution in [-0.4, -0.2) is 32.2 Å². The van der Waals surface area contributed by atoms with Gasteiger partial charge in [-0.3, -0.25) is 4.79 Å². The van der Waals surface area contributed by atoms with Crippen LogP contribution in [-0.2, 0) is 14.8 Å². The van der Waals surface area contributed by atoms with Crippen LogP contribution in [0.3, 0.4) is 0 Å². The number of carbonyl (C=O) groups is 1. The molecule has 1 aromatic heterocycles. The predicted molar refractivity (Wildman–Crippen MR) is 105 cm³/mol. The fourth-order valence-corrected chi connectivity index (χ4v) is 4.83. The normalized spacial score (nSPS) is 11.5. The molecule has 0 bridgehead atoms. The highest BCUT2D eigenvalue weighted by Gasteiger charge is 2.24. The van der Waals surface area contributed by atoms with E-state index in [0.717, 1.165) is 26.8 Å². The van der Waals surface area contributed by atoms with Crippen molar-refractivity contribution in [3.05, 3.63) is 72.1 Å². The molecule has 2 aromatic carbocycles. The highest BCUT2D eigenvalue weighted by Crippen LogP contribution is 2.27. The van der Waals surface area contributed by atoms with Crippen molar-refractivity contribution in [2.45, 2.75) is 4.21 Å². The maximum Gasteiger partial charge on any atom is 0.252 e. The van der Waals surface area contributed by atoms with Gasteiger partial charge in [0.1, 0.15) is 4.21 Å². The summed E-state index contributed by atoms with van der Waals surface area (Å²) in [6.45, 7) is -0.261. The number of benzene rings is 2. The number of rotatable bonds is 6. The van der Waals surface area contributed by atoms with Crippen LogP contribution < -0.4 is 5.32 Å². The van der Waals surface area contributed by atoms with Gasteiger partial charge in [-0.05, 0) is 23.1 Å². The summed E-state index contributed by atoms with van der Waals surface area (Å²) in [5.74, 6) is -0.393. The van der Waals surface area contributed by atoms with Crippen LogP contribution >= 0.6 is 11.3 Å². The van der Waals surface area contributed by atoms with Crippen molar-refractivity contribution in [1.82, 2.24) is 4.31 Å². The molecule has 3 aromatic rings. The first-order chi connectivity index (χ1) is 12.5. The van der Waals surface area contributed by atoms with Crippen LogP contribution in [0.15, 0.2) is 76.3 Å². The van der Waals surface area contributed by atoms with Crippen molar-refractivity contribution in [2.24, 2.45) is 0 Å². The maximum atomic E-state index is 12.4. The molecule has 0 unspecified atom stereocenters. The Kier molecular flexibility index (Phi) is 5.51. The second-order valence-corrected chi connectivity index (χ2v) is 8.87. The van der Waals surface area contributed by atoms with Crippen LogP contribution in [0.5, 0.6) is 0 Å². The number of para-hydroxylation sites is 1. The number of carbonyl (C=O) groups excluding carboxylic acids is 1. The van der Waals surface area contributed by atoms with Crippen LogP contribution in [0.4, 0.5) is 5.69 Å². The SMILES string of the molecule is CN(CC(=O)Nc1ccccc1-c1ccccc1)S(=O)(=O)c1cccs1. The standard InChI is InChI=1S/C19H18N2O3S2/c1-21(26(23,24)19-12-7-13-25-19)14-18(22)20-17-11-6-5-10-16(17)15-8-3-2-4-9-15/h2-13H,14H2,1H3,(H,20,22). The van der Waals surface area contributed by atoms with Gasteiger partial charge in [-0.2, -0.15) is 4.31 Å². The zero-order chi connectivity index (χ0) is 18.6. The topological polar surface area (TPSA) is 66.5 Å². The van der Waals surface area contributed by atoms with E-state index in [9.17, 15) is 13.2 Å². The van der Waals surface area contributed by atoms with E-state index < -0.39 is 15.9 Å². The van der Waals surface area contributed by atoms with Gasteiger partial charge in [0.05, 0.1) is 6.54 Å². The van der Waals surface area contributed by atoms with Gasteiger partial charge in [0.15, 0.2) is 0 Å². The first-order valence-corrected chi connectivity index (χ1v) is 10.2. The monoisotopic (exact) mass is 386 g/mol. The molecule has 1 N–H and O–H groups in total. The number of likely N-dealkylation sites (N-methyl/N-ethyl adjacent to an activating group) is 1. The second kappa shape index (κ2) is 7.82. The van der Waals surface area contributed by atoms with E-state index >= 15 is 0 Å². The Morgan fingerprint density at radius 1 is 1.00 bits per heavy atom. The van der Waals surface area contributed by atoms with Gasteiger partial charge < -0.3 is 5.32 Å². The first-order valence-electron chi connectivity index (χ1n) is 7.92. The average Bonchev–Trinajstić information content (AvgIpc) is 3.18. The van der Waals surface area contributed by atoms with Gasteiger partial charge in [-0.25, -0.2) is 8.42 Å². The summed E-state index contributed by atoms with van der Waals surface area (Å²) in [6.07, 6.45) is 0. The third kappa shape index (κ3) is 4.01. The van der Waals surface area contributed by atoms with E-state index in [1.54, 1.807) is 17.5 Å². The fourth-order valence-electron chi connectivity index (χ4n) is 2.50. The van der Waals surface area contributed by atoms with E-state index in [-0.39, 0.29) is 10.8 Å². The zero-order valence-corrected chi connectivity index (χ0v) is 15.8. The molecule has 0 aliphatic heterocycles. The van der Waals surface area contributed by atoms with Gasteiger partial charge in [0.25, 0.3) is 10.0 Å². The zero-order valence-electron chi connectivity index (χ0n) is 14.1. The smallest absolute Gasteiger partial charge is 0.252 e. The van der Waals surface area contributed by atoms with Crippen LogP contribution in [0.25, 0.3) is 11.1 Å². The van der Waals surface area contributed by atoms with Crippen molar-refractivity contribution in [3.63, 3.8) is 0 Å². The minimum absolute atomic E-state index is 0.220. The van der Waals surface area contributed by atoms with Gasteiger partial charge in [-0.1, -0.05) is 54.6 Å². The fraction of sp³-hybridized carbons (Fsp3) is 0.105. The quantitative estimate of drug-likeness (QED) is 0.703. The summed E-state index contributed by atoms with van der Waals surface area (Å²) in [5, 5.41) is 4.51. The summed E-state index contributed by atoms with van der Waals surface area (Å²) in [5.41, 5.74) is 2.50. The van der Waals surface area contributed by atoms with Crippen molar-refractivity contribution in [2.75, 3.05) is 18.9 Å². The summed E-state index contributed by atoms with van der Waals surface area (Å²) >= 11 is 1.13. The van der Waals surface area contributed by atoms with Crippen LogP contribution in [0.1, 0.15) is 0 Å². The Labute approximate surface area is 157 Å². The summed E-state index contributed by atoms with van der Waals surface area (Å²) < 4.78 is 26.1. The Morgan fingerprint density at radius 2 is 1.69 bits per heavy atom. The molecular weight excluding hydrogens is 368 g/mol. The number of nitrogens with zero attached hydrogens (tertiary/aromatic N) is 1. The number of sulfonamides is 1. The molecule has 0 aliphatic carbocycles. The molecule has 0 aliphatic rings. The average molecular weight is 386 g/mol. The summed E-state index contributed by atoms with van der Waals surface area (Å²) in [4.78, 5) is 12.4. The molecule has 7 heteroatoms. The maximum absolute atomic E-state index is 12.4. The molecule has 5 nitrogen and oxygen atoms in total. The minimum atomic E-state index is -3.65. The highest BCUT2D eigenvalue weighted by molar-refractivity contribution is 7.91. The molecule has 0 atom stereocenters. The van der Waals surface area contributed by atoms with Crippen molar-refractivity contribution in [3.8, 4) is 11.1 Å². The van der Waals surface area contributed by atoms with Crippen LogP contribution in [0.2, 0.25) is 0 Å². The molecule has 0 saturated carbocycles. The lowest BCUT2D eigenvalue weighted by molar-refractivity contribution is -0.116. The Bertz CT molecular complexity index is 985. The van der Waals surface area contributed by atoms with E-state index in [1.807, 2.05) is 48.5 Å². The Hall–Kier alpha value is -2.48. The number of anilines is 1. The molecule has 0 spiro atoms. The molecule has 0 saturated heterocycles. The molecule has 26 heavy (non-hydrogen) atoms. The number of hydrogen-bond donors (Lipinski definition) is 1. The molecule has 1 heterocycles. The Morgan fingerprint density at radius 3 is 2.38 bits per heavy atom. The third-order valence-corrected chi connectivity index (χ3v) is 6.99. The summed E-state index contributed by atoms with van der Waals surface area (Å²) in [7, 11) is -2.25. The van der Waals surface area contributed by atoms with Crippen molar-refractivity contribution < 1.29 is 13.2 Å². The van der Waals surface area contributed by atoms with E-state index in [4.69, 9.17) is 0 Å². The first kappa shape index (κ1) is 18.3. The third-order valence-electron chi connectivity index (χ3n) is 3.81. The summed E-state index contributed by atoms with van der Waals surface area (Å²) in [6, 6.07) is 20.3. The molecule has 3 rings (SSSR count). The van der Waals surface area contributed by atoms with Crippen molar-refractivity contribution >= 4 is 33.0 Å². The highest BCUT2D eigenvalue weighted by atomic mass is 32.2. The van der Waals surface area contributed by atoms with Gasteiger partial charge in [0, 0.05) is 18.3 Å². The number of thiophene rings is 1. The van der Waals surface area contributed by atoms with Gasteiger partial charge in [0.2, 0.25) is 5.91 Å². The number of hydrogen-bond acceptors (Lipinski definition) is 4. The minimum Gasteiger partial charge on any atom is -0.324 e. The van der Waals surface area contributed by atoms with Crippen LogP contribution in [0, 0.1) is 0 Å². The lowest BCUT2D eigenvalue weighted by Crippen LogP contribution is -2.34. The Balaban J connectivity index is 1.75. The van der Waals surface area contributed by atoms with Crippen molar-refractivity contribution in [1.29, 1.82) is 0 Å².